The van der Waals surface area contributed by atoms with E-state index in [9.17, 15) is 10.1 Å². The van der Waals surface area contributed by atoms with Crippen LogP contribution in [-0.2, 0) is 17.1 Å². The number of hydrogen-bond donors (Lipinski definition) is 0. The first-order chi connectivity index (χ1) is 8.24. The average Bonchev–Trinajstić information content (AvgIpc) is 2.41. The van der Waals surface area contributed by atoms with Crippen LogP contribution in [0.15, 0.2) is 54.6 Å². The molecule has 0 saturated heterocycles. The van der Waals surface area contributed by atoms with Gasteiger partial charge in [-0.15, -0.1) is 23.8 Å². The van der Waals surface area contributed by atoms with Crippen LogP contribution in [0, 0.1) is 28.5 Å². The standard InChI is InChI=1S/C8H5.C6H4NO2.Cu/c1-2-8-6-4-3-5-7-8;8-7(9)6-4-2-1-3-5-6;/h3-7H;1-4H;/q2*-1;+2. The molecular formula is C14H9CuNO2. The maximum absolute atomic E-state index is 9.98. The molecule has 0 aliphatic carbocycles. The fraction of sp³-hybridized carbons (Fsp3) is 0. The van der Waals surface area contributed by atoms with Crippen LogP contribution in [0.25, 0.3) is 0 Å². The van der Waals surface area contributed by atoms with Gasteiger partial charge in [-0.25, -0.2) is 0 Å². The van der Waals surface area contributed by atoms with Crippen LogP contribution >= 0.6 is 0 Å². The van der Waals surface area contributed by atoms with E-state index in [4.69, 9.17) is 6.42 Å². The third-order valence-corrected chi connectivity index (χ3v) is 1.81. The van der Waals surface area contributed by atoms with Crippen LogP contribution < -0.4 is 0 Å². The molecule has 0 N–H and O–H groups in total. The first-order valence-corrected chi connectivity index (χ1v) is 4.83. The van der Waals surface area contributed by atoms with Gasteiger partial charge in [0.1, 0.15) is 0 Å². The van der Waals surface area contributed by atoms with Crippen molar-refractivity contribution in [1.82, 2.24) is 0 Å². The zero-order chi connectivity index (χ0) is 12.5. The number of nitro benzene ring substituents is 1. The summed E-state index contributed by atoms with van der Waals surface area (Å²) in [7, 11) is 0. The summed E-state index contributed by atoms with van der Waals surface area (Å²) < 4.78 is 0. The maximum Gasteiger partial charge on any atom is 2.00 e. The van der Waals surface area contributed by atoms with Gasteiger partial charge in [-0.1, -0.05) is 24.3 Å². The van der Waals surface area contributed by atoms with Crippen molar-refractivity contribution < 1.29 is 22.0 Å². The molecule has 18 heavy (non-hydrogen) atoms. The quantitative estimate of drug-likeness (QED) is 0.266. The predicted molar refractivity (Wildman–Crippen MR) is 64.6 cm³/mol. The first-order valence-electron chi connectivity index (χ1n) is 4.83. The average molecular weight is 287 g/mol. The van der Waals surface area contributed by atoms with E-state index in [0.29, 0.717) is 0 Å². The SMILES string of the molecule is O=[N+]([O-])c1[c-]cccc1.[C-]#Cc1ccccc1.[Cu+2]. The van der Waals surface area contributed by atoms with Crippen molar-refractivity contribution in [2.24, 2.45) is 0 Å². The van der Waals surface area contributed by atoms with Crippen molar-refractivity contribution in [2.45, 2.75) is 0 Å². The van der Waals surface area contributed by atoms with Gasteiger partial charge in [-0.3, -0.25) is 16.0 Å². The van der Waals surface area contributed by atoms with Gasteiger partial charge in [0.2, 0.25) is 0 Å². The number of nitro groups is 1. The first kappa shape index (κ1) is 15.9. The molecule has 0 fully saturated rings. The van der Waals surface area contributed by atoms with Gasteiger partial charge < -0.3 is 6.42 Å². The van der Waals surface area contributed by atoms with Crippen LogP contribution in [-0.4, -0.2) is 4.92 Å². The molecule has 0 aliphatic heterocycles. The van der Waals surface area contributed by atoms with Crippen molar-refractivity contribution in [3.05, 3.63) is 82.8 Å². The van der Waals surface area contributed by atoms with E-state index >= 15 is 0 Å². The second kappa shape index (κ2) is 9.00. The molecule has 4 heteroatoms. The molecule has 2 aromatic carbocycles. The fourth-order valence-electron chi connectivity index (χ4n) is 1.02. The molecule has 2 aromatic rings. The van der Waals surface area contributed by atoms with Crippen molar-refractivity contribution in [3.63, 3.8) is 0 Å². The fourth-order valence-corrected chi connectivity index (χ4v) is 1.02. The maximum atomic E-state index is 9.98. The zero-order valence-electron chi connectivity index (χ0n) is 9.26. The summed E-state index contributed by atoms with van der Waals surface area (Å²) >= 11 is 0. The molecular weight excluding hydrogens is 278 g/mol. The minimum Gasteiger partial charge on any atom is -0.366 e. The van der Waals surface area contributed by atoms with Gasteiger partial charge in [0, 0.05) is 4.92 Å². The Kier molecular flexibility index (Phi) is 7.96. The van der Waals surface area contributed by atoms with Crippen LogP contribution in [0.2, 0.25) is 0 Å². The topological polar surface area (TPSA) is 43.1 Å². The summed E-state index contributed by atoms with van der Waals surface area (Å²) in [6, 6.07) is 18.0. The van der Waals surface area contributed by atoms with Crippen LogP contribution in [0.1, 0.15) is 5.56 Å². The molecule has 0 unspecified atom stereocenters. The molecule has 0 atom stereocenters. The molecule has 0 heterocycles. The second-order valence-corrected chi connectivity index (χ2v) is 3.00. The van der Waals surface area contributed by atoms with Crippen LogP contribution in [0.4, 0.5) is 5.69 Å². The van der Waals surface area contributed by atoms with E-state index in [-0.39, 0.29) is 22.8 Å². The number of rotatable bonds is 1. The summed E-state index contributed by atoms with van der Waals surface area (Å²) in [6.07, 6.45) is 6.69. The van der Waals surface area contributed by atoms with E-state index in [1.54, 1.807) is 12.1 Å². The molecule has 1 radical (unpaired) electrons. The Bertz CT molecular complexity index is 506. The Morgan fingerprint density at radius 2 is 1.72 bits per heavy atom. The van der Waals surface area contributed by atoms with Crippen molar-refractivity contribution >= 4 is 5.69 Å². The monoisotopic (exact) mass is 286 g/mol. The Balaban J connectivity index is 0.000000306. The normalized spacial score (nSPS) is 7.94. The minimum atomic E-state index is -0.472. The second-order valence-electron chi connectivity index (χ2n) is 3.00. The van der Waals surface area contributed by atoms with E-state index in [1.165, 1.54) is 12.1 Å². The number of non-ortho nitro benzene ring substituents is 1. The van der Waals surface area contributed by atoms with Gasteiger partial charge in [0.25, 0.3) is 0 Å². The predicted octanol–water partition coefficient (Wildman–Crippen LogP) is 3.02. The summed E-state index contributed by atoms with van der Waals surface area (Å²) in [5.41, 5.74) is 0.838. The smallest absolute Gasteiger partial charge is 0.366 e. The Morgan fingerprint density at radius 3 is 2.06 bits per heavy atom. The van der Waals surface area contributed by atoms with Gasteiger partial charge in [-0.2, -0.15) is 18.2 Å². The molecule has 0 aliphatic rings. The van der Waals surface area contributed by atoms with Gasteiger partial charge in [0.15, 0.2) is 5.69 Å². The molecule has 3 nitrogen and oxygen atoms in total. The van der Waals surface area contributed by atoms with Gasteiger partial charge in [-0.05, 0) is 0 Å². The van der Waals surface area contributed by atoms with E-state index in [2.05, 4.69) is 12.0 Å². The third-order valence-electron chi connectivity index (χ3n) is 1.81. The third kappa shape index (κ3) is 5.86. The Hall–Kier alpha value is -2.08. The summed E-state index contributed by atoms with van der Waals surface area (Å²) in [6.45, 7) is 0. The Morgan fingerprint density at radius 1 is 1.11 bits per heavy atom. The molecule has 0 amide bonds. The number of nitrogens with zero attached hydrogens (tertiary/aromatic N) is 1. The van der Waals surface area contributed by atoms with Crippen molar-refractivity contribution in [3.8, 4) is 5.92 Å². The van der Waals surface area contributed by atoms with Gasteiger partial charge in [0.05, 0.1) is 0 Å². The molecule has 0 aromatic heterocycles. The largest absolute Gasteiger partial charge is 2.00 e. The van der Waals surface area contributed by atoms with E-state index in [1.807, 2.05) is 30.3 Å². The number of para-hydroxylation sites is 1. The molecule has 0 spiro atoms. The number of hydrogen-bond acceptors (Lipinski definition) is 2. The van der Waals surface area contributed by atoms with E-state index < -0.39 is 4.92 Å². The molecule has 0 saturated carbocycles. The number of benzene rings is 2. The molecule has 93 valence electrons. The zero-order valence-corrected chi connectivity index (χ0v) is 10.2. The molecule has 0 bridgehead atoms. The summed E-state index contributed by atoms with van der Waals surface area (Å²) in [4.78, 5) is 9.50. The van der Waals surface area contributed by atoms with Crippen LogP contribution in [0.3, 0.4) is 0 Å². The van der Waals surface area contributed by atoms with Crippen molar-refractivity contribution in [1.29, 1.82) is 0 Å². The summed E-state index contributed by atoms with van der Waals surface area (Å²) in [5, 5.41) is 9.98. The minimum absolute atomic E-state index is 0. The summed E-state index contributed by atoms with van der Waals surface area (Å²) in [5.74, 6) is 2.28. The molecule has 2 rings (SSSR count). The van der Waals surface area contributed by atoms with E-state index in [0.717, 1.165) is 5.56 Å². The van der Waals surface area contributed by atoms with Crippen molar-refractivity contribution in [2.75, 3.05) is 0 Å². The van der Waals surface area contributed by atoms with Gasteiger partial charge >= 0.3 is 17.1 Å². The Labute approximate surface area is 116 Å². The van der Waals surface area contributed by atoms with Crippen LogP contribution in [0.5, 0.6) is 0 Å².